The molecule has 148 valence electrons. The van der Waals surface area contributed by atoms with Gasteiger partial charge in [-0.1, -0.05) is 37.6 Å². The lowest BCUT2D eigenvalue weighted by atomic mass is 9.99. The molecule has 3 aromatic rings. The fourth-order valence-corrected chi connectivity index (χ4v) is 2.90. The first kappa shape index (κ1) is 19.6. The molecular weight excluding hydrogens is 358 g/mol. The van der Waals surface area contributed by atoms with E-state index in [0.717, 1.165) is 24.0 Å². The van der Waals surface area contributed by atoms with E-state index < -0.39 is 0 Å². The van der Waals surface area contributed by atoms with Crippen LogP contribution in [0.3, 0.4) is 0 Å². The number of carbonyl (C=O) groups excluding carboxylic acids is 1. The first-order chi connectivity index (χ1) is 13.5. The molecule has 3 rings (SSSR count). The number of aromatic nitrogens is 4. The lowest BCUT2D eigenvalue weighted by Crippen LogP contribution is -2.11. The van der Waals surface area contributed by atoms with Gasteiger partial charge in [0.1, 0.15) is 0 Å². The summed E-state index contributed by atoms with van der Waals surface area (Å²) in [5, 5.41) is 0. The largest absolute Gasteiger partial charge is 0.469 e. The molecule has 0 bridgehead atoms. The average molecular weight is 383 g/mol. The van der Waals surface area contributed by atoms with Crippen molar-refractivity contribution in [2.75, 3.05) is 19.5 Å². The molecule has 0 amide bonds. The lowest BCUT2D eigenvalue weighted by Gasteiger charge is -2.12. The number of fused-ring (bicyclic) bond motifs is 1. The summed E-state index contributed by atoms with van der Waals surface area (Å²) in [6.07, 6.45) is 3.63. The summed E-state index contributed by atoms with van der Waals surface area (Å²) in [6.45, 7) is 4.99. The Kier molecular flexibility index (Phi) is 6.08. The highest BCUT2D eigenvalue weighted by molar-refractivity contribution is 5.82. The van der Waals surface area contributed by atoms with Gasteiger partial charge in [-0.25, -0.2) is 4.98 Å². The molecule has 8 heteroatoms. The number of rotatable bonds is 8. The summed E-state index contributed by atoms with van der Waals surface area (Å²) in [7, 11) is 1.39. The van der Waals surface area contributed by atoms with Crippen LogP contribution in [0.4, 0.5) is 5.82 Å². The van der Waals surface area contributed by atoms with Gasteiger partial charge in [0.25, 0.3) is 0 Å². The zero-order chi connectivity index (χ0) is 20.1. The van der Waals surface area contributed by atoms with Gasteiger partial charge in [-0.05, 0) is 24.5 Å². The normalized spacial score (nSPS) is 12.1. The first-order valence-corrected chi connectivity index (χ1v) is 9.31. The lowest BCUT2D eigenvalue weighted by molar-refractivity contribution is -0.141. The van der Waals surface area contributed by atoms with Gasteiger partial charge in [-0.15, -0.1) is 0 Å². The van der Waals surface area contributed by atoms with E-state index in [1.807, 2.05) is 35.8 Å². The SMILES string of the molecule is CCCCOc1nc(N)c2ncn(Cc3cccc(C(C)C(=O)OC)c3)c2n1. The molecule has 1 atom stereocenters. The summed E-state index contributed by atoms with van der Waals surface area (Å²) in [6, 6.07) is 8.07. The number of benzene rings is 1. The number of anilines is 1. The van der Waals surface area contributed by atoms with Crippen molar-refractivity contribution in [3.05, 3.63) is 41.7 Å². The second-order valence-electron chi connectivity index (χ2n) is 6.63. The Morgan fingerprint density at radius 2 is 2.14 bits per heavy atom. The maximum absolute atomic E-state index is 11.8. The fraction of sp³-hybridized carbons (Fsp3) is 0.400. The molecule has 1 unspecified atom stereocenters. The van der Waals surface area contributed by atoms with E-state index in [-0.39, 0.29) is 17.9 Å². The van der Waals surface area contributed by atoms with E-state index in [4.69, 9.17) is 15.2 Å². The number of hydrogen-bond acceptors (Lipinski definition) is 7. The molecule has 8 nitrogen and oxygen atoms in total. The van der Waals surface area contributed by atoms with Gasteiger partial charge in [-0.2, -0.15) is 9.97 Å². The monoisotopic (exact) mass is 383 g/mol. The average Bonchev–Trinajstić information content (AvgIpc) is 3.10. The zero-order valence-electron chi connectivity index (χ0n) is 16.4. The second kappa shape index (κ2) is 8.69. The maximum atomic E-state index is 11.8. The molecule has 0 aliphatic carbocycles. The molecule has 0 saturated carbocycles. The molecule has 0 aliphatic heterocycles. The molecule has 28 heavy (non-hydrogen) atoms. The van der Waals surface area contributed by atoms with E-state index in [1.54, 1.807) is 6.33 Å². The smallest absolute Gasteiger partial charge is 0.320 e. The van der Waals surface area contributed by atoms with Crippen molar-refractivity contribution < 1.29 is 14.3 Å². The summed E-state index contributed by atoms with van der Waals surface area (Å²) in [4.78, 5) is 24.8. The van der Waals surface area contributed by atoms with Gasteiger partial charge in [0, 0.05) is 0 Å². The van der Waals surface area contributed by atoms with Crippen molar-refractivity contribution in [1.29, 1.82) is 0 Å². The number of nitrogen functional groups attached to an aromatic ring is 1. The number of nitrogens with zero attached hydrogens (tertiary/aromatic N) is 4. The topological polar surface area (TPSA) is 105 Å². The molecule has 2 aromatic heterocycles. The minimum atomic E-state index is -0.332. The van der Waals surface area contributed by atoms with E-state index in [9.17, 15) is 4.79 Å². The Morgan fingerprint density at radius 3 is 2.89 bits per heavy atom. The van der Waals surface area contributed by atoms with Crippen LogP contribution in [0.15, 0.2) is 30.6 Å². The summed E-state index contributed by atoms with van der Waals surface area (Å²) >= 11 is 0. The quantitative estimate of drug-likeness (QED) is 0.471. The van der Waals surface area contributed by atoms with Crippen LogP contribution in [0.25, 0.3) is 11.2 Å². The molecule has 0 radical (unpaired) electrons. The predicted molar refractivity (Wildman–Crippen MR) is 106 cm³/mol. The molecule has 2 heterocycles. The number of nitrogens with two attached hydrogens (primary N) is 1. The number of imidazole rings is 1. The van der Waals surface area contributed by atoms with Gasteiger partial charge in [0.2, 0.25) is 0 Å². The maximum Gasteiger partial charge on any atom is 0.320 e. The molecule has 0 spiro atoms. The van der Waals surface area contributed by atoms with Crippen molar-refractivity contribution in [2.45, 2.75) is 39.2 Å². The van der Waals surface area contributed by atoms with Gasteiger partial charge in [0.05, 0.1) is 32.5 Å². The summed E-state index contributed by atoms with van der Waals surface area (Å²) < 4.78 is 12.3. The van der Waals surface area contributed by atoms with Crippen LogP contribution in [0.5, 0.6) is 6.01 Å². The molecule has 0 saturated heterocycles. The van der Waals surface area contributed by atoms with Crippen LogP contribution < -0.4 is 10.5 Å². The van der Waals surface area contributed by atoms with Gasteiger partial charge in [-0.3, -0.25) is 4.79 Å². The summed E-state index contributed by atoms with van der Waals surface area (Å²) in [5.74, 6) is -0.302. The standard InChI is InChI=1S/C20H25N5O3/c1-4-5-9-28-20-23-17(21)16-18(24-20)25(12-22-16)11-14-7-6-8-15(10-14)13(2)19(26)27-3/h6-8,10,12-13H,4-5,9,11H2,1-3H3,(H2,21,23,24). The Labute approximate surface area is 163 Å². The molecule has 2 N–H and O–H groups in total. The zero-order valence-corrected chi connectivity index (χ0v) is 16.4. The summed E-state index contributed by atoms with van der Waals surface area (Å²) in [5.41, 5.74) is 9.09. The van der Waals surface area contributed by atoms with Crippen molar-refractivity contribution in [1.82, 2.24) is 19.5 Å². The Bertz CT molecular complexity index is 970. The number of esters is 1. The van der Waals surface area contributed by atoms with Crippen molar-refractivity contribution in [2.24, 2.45) is 0 Å². The fourth-order valence-electron chi connectivity index (χ4n) is 2.90. The van der Waals surface area contributed by atoms with E-state index in [1.165, 1.54) is 7.11 Å². The predicted octanol–water partition coefficient (Wildman–Crippen LogP) is 2.91. The van der Waals surface area contributed by atoms with Crippen molar-refractivity contribution in [3.8, 4) is 6.01 Å². The van der Waals surface area contributed by atoms with Crippen molar-refractivity contribution in [3.63, 3.8) is 0 Å². The number of hydrogen-bond donors (Lipinski definition) is 1. The number of methoxy groups -OCH3 is 1. The van der Waals surface area contributed by atoms with Crippen LogP contribution in [-0.2, 0) is 16.1 Å². The molecule has 1 aromatic carbocycles. The Hall–Kier alpha value is -3.16. The highest BCUT2D eigenvalue weighted by atomic mass is 16.5. The van der Waals surface area contributed by atoms with E-state index >= 15 is 0 Å². The van der Waals surface area contributed by atoms with E-state index in [2.05, 4.69) is 21.9 Å². The number of unbranched alkanes of at least 4 members (excludes halogenated alkanes) is 1. The van der Waals surface area contributed by atoms with Crippen LogP contribution in [0.2, 0.25) is 0 Å². The second-order valence-corrected chi connectivity index (χ2v) is 6.63. The first-order valence-electron chi connectivity index (χ1n) is 9.31. The van der Waals surface area contributed by atoms with Gasteiger partial charge >= 0.3 is 12.0 Å². The van der Waals surface area contributed by atoms with Crippen LogP contribution in [0.1, 0.15) is 43.7 Å². The third-order valence-corrected chi connectivity index (χ3v) is 4.56. The van der Waals surface area contributed by atoms with Gasteiger partial charge in [0.15, 0.2) is 17.0 Å². The minimum Gasteiger partial charge on any atom is -0.469 e. The molecule has 0 aliphatic rings. The number of ether oxygens (including phenoxy) is 2. The van der Waals surface area contributed by atoms with Crippen molar-refractivity contribution >= 4 is 23.0 Å². The highest BCUT2D eigenvalue weighted by Crippen LogP contribution is 2.22. The third-order valence-electron chi connectivity index (χ3n) is 4.56. The van der Waals surface area contributed by atoms with Crippen LogP contribution in [0, 0.1) is 0 Å². The highest BCUT2D eigenvalue weighted by Gasteiger charge is 2.17. The van der Waals surface area contributed by atoms with Crippen LogP contribution in [-0.4, -0.2) is 39.2 Å². The Morgan fingerprint density at radius 1 is 1.32 bits per heavy atom. The van der Waals surface area contributed by atoms with Gasteiger partial charge < -0.3 is 19.8 Å². The number of carbonyl (C=O) groups is 1. The minimum absolute atomic E-state index is 0.258. The Balaban J connectivity index is 1.87. The third kappa shape index (κ3) is 4.21. The van der Waals surface area contributed by atoms with E-state index in [0.29, 0.717) is 30.1 Å². The molecular formula is C20H25N5O3. The van der Waals surface area contributed by atoms with Crippen LogP contribution >= 0.6 is 0 Å². The molecule has 0 fully saturated rings.